The van der Waals surface area contributed by atoms with Gasteiger partial charge < -0.3 is 9.80 Å². The lowest BCUT2D eigenvalue weighted by molar-refractivity contribution is -0.124. The zero-order valence-corrected chi connectivity index (χ0v) is 54.7. The Balaban J connectivity index is 1.27. The summed E-state index contributed by atoms with van der Waals surface area (Å²) >= 11 is 7.50. The van der Waals surface area contributed by atoms with E-state index in [4.69, 9.17) is 0 Å². The number of benzene rings is 1. The van der Waals surface area contributed by atoms with Crippen LogP contribution in [-0.2, 0) is 22.4 Å². The highest BCUT2D eigenvalue weighted by molar-refractivity contribution is 7.26. The van der Waals surface area contributed by atoms with E-state index < -0.39 is 0 Å². The minimum Gasteiger partial charge on any atom is -0.306 e. The third-order valence-corrected chi connectivity index (χ3v) is 22.4. The molecule has 2 unspecified atom stereocenters. The van der Waals surface area contributed by atoms with Gasteiger partial charge in [-0.15, -0.1) is 45.3 Å². The van der Waals surface area contributed by atoms with E-state index in [2.05, 4.69) is 88.7 Å². The maximum Gasteiger partial charge on any atom is 0.261 e. The average molecular weight is 1160 g/mol. The summed E-state index contributed by atoms with van der Waals surface area (Å²) in [6.07, 6.45) is 48.7. The van der Waals surface area contributed by atoms with Gasteiger partial charge in [-0.3, -0.25) is 9.59 Å². The second-order valence-corrected chi connectivity index (χ2v) is 28.4. The third-order valence-electron chi connectivity index (χ3n) is 18.1. The summed E-state index contributed by atoms with van der Waals surface area (Å²) in [5, 5.41) is 7.52. The first-order valence-corrected chi connectivity index (χ1v) is 37.0. The predicted molar refractivity (Wildman–Crippen MR) is 357 cm³/mol. The molecule has 2 atom stereocenters. The Morgan fingerprint density at radius 3 is 1.29 bits per heavy atom. The lowest BCUT2D eigenvalue weighted by atomic mass is 9.86. The molecule has 6 heterocycles. The van der Waals surface area contributed by atoms with Crippen molar-refractivity contribution in [3.05, 3.63) is 79.2 Å². The van der Waals surface area contributed by atoms with Crippen molar-refractivity contribution >= 4 is 88.7 Å². The molecule has 0 aliphatic carbocycles. The minimum atomic E-state index is 0.0194. The van der Waals surface area contributed by atoms with Gasteiger partial charge in [-0.05, 0) is 113 Å². The number of hydrogen-bond acceptors (Lipinski definition) is 6. The van der Waals surface area contributed by atoms with Crippen LogP contribution < -0.4 is 0 Å². The summed E-state index contributed by atoms with van der Waals surface area (Å²) in [7, 11) is 0. The molecule has 0 N–H and O–H groups in total. The first kappa shape index (κ1) is 64.5. The van der Waals surface area contributed by atoms with Crippen LogP contribution in [0.2, 0.25) is 0 Å². The number of aryl methyl sites for hydroxylation is 2. The third kappa shape index (κ3) is 18.0. The number of fused-ring (bicyclic) bond motifs is 3. The average Bonchev–Trinajstić information content (AvgIpc) is 4.53. The Labute approximate surface area is 504 Å². The topological polar surface area (TPSA) is 40.6 Å². The lowest BCUT2D eigenvalue weighted by Crippen LogP contribution is -2.30. The molecule has 2 amide bonds. The van der Waals surface area contributed by atoms with E-state index in [9.17, 15) is 0 Å². The van der Waals surface area contributed by atoms with Gasteiger partial charge in [0, 0.05) is 32.2 Å². The Morgan fingerprint density at radius 1 is 0.375 bits per heavy atom. The fraction of sp³-hybridized carbons (Fsp3) is 0.667. The van der Waals surface area contributed by atoms with E-state index in [1.807, 2.05) is 43.8 Å². The van der Waals surface area contributed by atoms with E-state index in [0.29, 0.717) is 24.2 Å². The van der Waals surface area contributed by atoms with Gasteiger partial charge in [0.1, 0.15) is 0 Å². The van der Waals surface area contributed by atoms with Crippen LogP contribution in [0.4, 0.5) is 0 Å². The van der Waals surface area contributed by atoms with Gasteiger partial charge in [-0.1, -0.05) is 253 Å². The van der Waals surface area contributed by atoms with Gasteiger partial charge in [-0.25, -0.2) is 0 Å². The van der Waals surface area contributed by atoms with Crippen LogP contribution in [0.3, 0.4) is 0 Å². The molecule has 0 spiro atoms. The maximum absolute atomic E-state index is 15.2. The Bertz CT molecular complexity index is 2560. The van der Waals surface area contributed by atoms with Crippen molar-refractivity contribution in [2.45, 2.75) is 286 Å². The zero-order chi connectivity index (χ0) is 56.3. The van der Waals surface area contributed by atoms with E-state index >= 15 is 9.59 Å². The SMILES string of the molecule is CCCCCCCCC(CCCCC)CCc1c2cc(-c3ccc(C4=C5C(=O)N(CCCCCCCC)C(c6cccs6)=C5C(=O)N4CCCCCCCC)s3)sc2c(CCC(CCCCC)CCCCCCCC)c2ccsc12. The van der Waals surface area contributed by atoms with Crippen LogP contribution in [0.1, 0.15) is 294 Å². The van der Waals surface area contributed by atoms with Crippen molar-refractivity contribution in [2.24, 2.45) is 11.8 Å². The number of hydrogen-bond donors (Lipinski definition) is 0. The quantitative estimate of drug-likeness (QED) is 0.0365. The smallest absolute Gasteiger partial charge is 0.261 e. The van der Waals surface area contributed by atoms with Crippen molar-refractivity contribution in [1.29, 1.82) is 0 Å². The van der Waals surface area contributed by atoms with E-state index in [1.54, 1.807) is 27.2 Å². The molecule has 0 radical (unpaired) electrons. The van der Waals surface area contributed by atoms with Crippen molar-refractivity contribution in [2.75, 3.05) is 13.1 Å². The maximum atomic E-state index is 15.2. The van der Waals surface area contributed by atoms with Crippen LogP contribution in [0.5, 0.6) is 0 Å². The number of amides is 2. The number of carbonyl (C=O) groups is 2. The molecule has 1 aromatic carbocycles. The molecular weight excluding hydrogens is 1050 g/mol. The number of carbonyl (C=O) groups excluding carboxylic acids is 2. The summed E-state index contributed by atoms with van der Waals surface area (Å²) in [5.41, 5.74) is 6.19. The molecule has 8 heteroatoms. The minimum absolute atomic E-state index is 0.0194. The van der Waals surface area contributed by atoms with Crippen LogP contribution in [-0.4, -0.2) is 34.7 Å². The second-order valence-electron chi connectivity index (χ2n) is 24.4. The molecule has 5 aromatic rings. The largest absolute Gasteiger partial charge is 0.306 e. The van der Waals surface area contributed by atoms with Crippen LogP contribution in [0.25, 0.3) is 41.3 Å². The van der Waals surface area contributed by atoms with Crippen molar-refractivity contribution < 1.29 is 9.59 Å². The Kier molecular flexibility index (Phi) is 29.0. The molecule has 80 heavy (non-hydrogen) atoms. The van der Waals surface area contributed by atoms with Crippen molar-refractivity contribution in [3.63, 3.8) is 0 Å². The first-order chi connectivity index (χ1) is 39.4. The molecular formula is C72H108N2O2S4. The first-order valence-electron chi connectivity index (χ1n) is 33.6. The van der Waals surface area contributed by atoms with Gasteiger partial charge in [0.25, 0.3) is 11.8 Å². The Hall–Kier alpha value is -3.04. The number of rotatable bonds is 45. The standard InChI is InChI=1S/C72H108N2O2S4/c1-7-13-19-23-27-33-40-55(38-31-17-11-5)43-45-57-59-49-53-78-69(59)58(46-44-56(39-32-18-12-6)41-34-28-24-20-14-8-2)60-54-64(80-70(57)60)61-47-48-63(79-61)68-66-65(71(75)74(68)51-36-30-26-22-16-10-4)67(62-42-37-52-77-62)73(72(66)76)50-35-29-25-21-15-9-3/h37,42,47-49,52-56H,7-36,38-41,43-46,50-51H2,1-6H3. The molecule has 2 aliphatic heterocycles. The number of nitrogens with zero attached hydrogens (tertiary/aromatic N) is 2. The number of unbranched alkanes of at least 4 members (excludes halogenated alkanes) is 24. The predicted octanol–water partition coefficient (Wildman–Crippen LogP) is 24.2. The summed E-state index contributed by atoms with van der Waals surface area (Å²) < 4.78 is 3.06. The molecule has 0 saturated heterocycles. The van der Waals surface area contributed by atoms with E-state index in [1.165, 1.54) is 231 Å². The van der Waals surface area contributed by atoms with Crippen molar-refractivity contribution in [1.82, 2.24) is 9.80 Å². The fourth-order valence-corrected chi connectivity index (χ4v) is 17.5. The molecule has 2 aliphatic rings. The van der Waals surface area contributed by atoms with E-state index in [0.717, 1.165) is 71.5 Å². The normalized spacial score (nSPS) is 14.7. The number of thiophene rings is 4. The molecule has 0 fully saturated rings. The van der Waals surface area contributed by atoms with Crippen LogP contribution in [0, 0.1) is 11.8 Å². The molecule has 7 rings (SSSR count). The molecule has 442 valence electrons. The van der Waals surface area contributed by atoms with Gasteiger partial charge >= 0.3 is 0 Å². The van der Waals surface area contributed by atoms with Gasteiger partial charge in [0.05, 0.1) is 32.3 Å². The van der Waals surface area contributed by atoms with Gasteiger partial charge in [-0.2, -0.15) is 0 Å². The zero-order valence-electron chi connectivity index (χ0n) is 51.4. The summed E-state index contributed by atoms with van der Waals surface area (Å²) in [5.74, 6) is 1.60. The van der Waals surface area contributed by atoms with Gasteiger partial charge in [0.15, 0.2) is 0 Å². The van der Waals surface area contributed by atoms with Crippen LogP contribution >= 0.6 is 45.3 Å². The van der Waals surface area contributed by atoms with Gasteiger partial charge in [0.2, 0.25) is 0 Å². The lowest BCUT2D eigenvalue weighted by Gasteiger charge is -2.24. The fourth-order valence-electron chi connectivity index (χ4n) is 13.3. The monoisotopic (exact) mass is 1160 g/mol. The Morgan fingerprint density at radius 2 is 0.800 bits per heavy atom. The van der Waals surface area contributed by atoms with E-state index in [-0.39, 0.29) is 11.8 Å². The molecule has 4 nitrogen and oxygen atoms in total. The molecule has 0 saturated carbocycles. The highest BCUT2D eigenvalue weighted by Gasteiger charge is 2.49. The van der Waals surface area contributed by atoms with Crippen molar-refractivity contribution in [3.8, 4) is 9.75 Å². The second kappa shape index (κ2) is 36.0. The highest BCUT2D eigenvalue weighted by Crippen LogP contribution is 2.51. The molecule has 0 bridgehead atoms. The molecule has 4 aromatic heterocycles. The summed E-state index contributed by atoms with van der Waals surface area (Å²) in [4.78, 5) is 39.1. The van der Waals surface area contributed by atoms with Crippen LogP contribution in [0.15, 0.2) is 58.3 Å². The highest BCUT2D eigenvalue weighted by atomic mass is 32.1. The summed E-state index contributed by atoms with van der Waals surface area (Å²) in [6, 6.07) is 13.9. The summed E-state index contributed by atoms with van der Waals surface area (Å²) in [6.45, 7) is 15.2.